The SMILES string of the molecule is O=C(CN1Cc2c(ccc(F)c2F)NC1O)N1C[C@H]2C[C@@H]1c1ncccc12. The minimum Gasteiger partial charge on any atom is -0.361 e. The van der Waals surface area contributed by atoms with Gasteiger partial charge in [-0.2, -0.15) is 0 Å². The monoisotopic (exact) mass is 372 g/mol. The van der Waals surface area contributed by atoms with E-state index >= 15 is 0 Å². The van der Waals surface area contributed by atoms with Crippen LogP contribution in [0.15, 0.2) is 30.5 Å². The molecule has 3 heterocycles. The van der Waals surface area contributed by atoms with Crippen LogP contribution in [0.1, 0.15) is 35.2 Å². The summed E-state index contributed by atoms with van der Waals surface area (Å²) in [7, 11) is 0. The average molecular weight is 372 g/mol. The van der Waals surface area contributed by atoms with Gasteiger partial charge in [0.15, 0.2) is 18.0 Å². The molecule has 1 aromatic carbocycles. The van der Waals surface area contributed by atoms with Gasteiger partial charge in [0.25, 0.3) is 0 Å². The van der Waals surface area contributed by atoms with Crippen molar-refractivity contribution in [3.63, 3.8) is 0 Å². The maximum absolute atomic E-state index is 14.1. The standard InChI is InChI=1S/C19H18F2N4O2/c20-13-3-4-14-12(17(13)21)8-24(19(27)23-14)9-16(26)25-7-10-6-15(25)18-11(10)2-1-5-22-18/h1-5,10,15,19,23,27H,6-9H2/t10-,15-,19?/m1/s1. The van der Waals surface area contributed by atoms with Crippen molar-refractivity contribution in [1.82, 2.24) is 14.8 Å². The first-order valence-corrected chi connectivity index (χ1v) is 8.92. The van der Waals surface area contributed by atoms with Gasteiger partial charge in [-0.1, -0.05) is 6.07 Å². The lowest BCUT2D eigenvalue weighted by Gasteiger charge is -2.36. The molecule has 2 bridgehead atoms. The van der Waals surface area contributed by atoms with Crippen LogP contribution in [0.25, 0.3) is 0 Å². The van der Waals surface area contributed by atoms with Gasteiger partial charge < -0.3 is 15.3 Å². The summed E-state index contributed by atoms with van der Waals surface area (Å²) in [5, 5.41) is 13.0. The quantitative estimate of drug-likeness (QED) is 0.843. The van der Waals surface area contributed by atoms with E-state index in [-0.39, 0.29) is 30.6 Å². The third-order valence-corrected chi connectivity index (χ3v) is 5.77. The molecule has 1 amide bonds. The van der Waals surface area contributed by atoms with E-state index in [4.69, 9.17) is 0 Å². The first kappa shape index (κ1) is 16.6. The fourth-order valence-corrected chi connectivity index (χ4v) is 4.46. The molecule has 1 aliphatic carbocycles. The van der Waals surface area contributed by atoms with E-state index in [1.807, 2.05) is 6.07 Å². The molecule has 6 nitrogen and oxygen atoms in total. The van der Waals surface area contributed by atoms with Crippen LogP contribution in [-0.4, -0.2) is 45.2 Å². The van der Waals surface area contributed by atoms with Crippen molar-refractivity contribution in [2.45, 2.75) is 31.3 Å². The minimum atomic E-state index is -1.14. The van der Waals surface area contributed by atoms with Gasteiger partial charge >= 0.3 is 0 Å². The van der Waals surface area contributed by atoms with Crippen molar-refractivity contribution in [3.8, 4) is 0 Å². The molecule has 2 N–H and O–H groups in total. The highest BCUT2D eigenvalue weighted by molar-refractivity contribution is 5.80. The van der Waals surface area contributed by atoms with Crippen molar-refractivity contribution in [1.29, 1.82) is 0 Å². The lowest BCUT2D eigenvalue weighted by Crippen LogP contribution is -2.50. The van der Waals surface area contributed by atoms with Crippen LogP contribution in [0.2, 0.25) is 0 Å². The van der Waals surface area contributed by atoms with Crippen molar-refractivity contribution in [3.05, 3.63) is 58.9 Å². The van der Waals surface area contributed by atoms with Gasteiger partial charge in [0.1, 0.15) is 0 Å². The smallest absolute Gasteiger partial charge is 0.237 e. The number of hydrogen-bond acceptors (Lipinski definition) is 5. The van der Waals surface area contributed by atoms with Gasteiger partial charge in [-0.15, -0.1) is 0 Å². The van der Waals surface area contributed by atoms with Crippen LogP contribution >= 0.6 is 0 Å². The van der Waals surface area contributed by atoms with E-state index in [9.17, 15) is 18.7 Å². The highest BCUT2D eigenvalue weighted by Crippen LogP contribution is 2.49. The summed E-state index contributed by atoms with van der Waals surface area (Å²) in [6, 6.07) is 6.32. The molecule has 1 unspecified atom stereocenters. The summed E-state index contributed by atoms with van der Waals surface area (Å²) in [4.78, 5) is 20.5. The van der Waals surface area contributed by atoms with Gasteiger partial charge in [-0.25, -0.2) is 13.7 Å². The summed E-state index contributed by atoms with van der Waals surface area (Å²) < 4.78 is 27.6. The normalized spacial score (nSPS) is 25.9. The zero-order chi connectivity index (χ0) is 18.7. The molecule has 1 fully saturated rings. The number of nitrogens with one attached hydrogen (secondary N) is 1. The predicted molar refractivity (Wildman–Crippen MR) is 92.4 cm³/mol. The van der Waals surface area contributed by atoms with E-state index in [0.717, 1.165) is 18.2 Å². The first-order valence-electron chi connectivity index (χ1n) is 8.92. The molecule has 0 spiro atoms. The number of pyridine rings is 1. The van der Waals surface area contributed by atoms with Gasteiger partial charge in [0.2, 0.25) is 5.91 Å². The number of nitrogens with zero attached hydrogens (tertiary/aromatic N) is 3. The molecule has 140 valence electrons. The summed E-state index contributed by atoms with van der Waals surface area (Å²) in [6.07, 6.45) is 1.45. The number of aromatic nitrogens is 1. The second-order valence-electron chi connectivity index (χ2n) is 7.28. The van der Waals surface area contributed by atoms with Crippen molar-refractivity contribution >= 4 is 11.6 Å². The fraction of sp³-hybridized carbons (Fsp3) is 0.368. The Balaban J connectivity index is 1.34. The molecular formula is C19H18F2N4O2. The van der Waals surface area contributed by atoms with Crippen LogP contribution in [0.3, 0.4) is 0 Å². The number of anilines is 1. The lowest BCUT2D eigenvalue weighted by atomic mass is 10.0. The summed E-state index contributed by atoms with van der Waals surface area (Å²) in [6.45, 7) is 0.490. The van der Waals surface area contributed by atoms with Crippen molar-refractivity contribution < 1.29 is 18.7 Å². The lowest BCUT2D eigenvalue weighted by molar-refractivity contribution is -0.136. The molecule has 1 saturated heterocycles. The number of fused-ring (bicyclic) bond motifs is 6. The third kappa shape index (κ3) is 2.51. The molecule has 0 radical (unpaired) electrons. The number of carbonyl (C=O) groups is 1. The number of benzene rings is 1. The summed E-state index contributed by atoms with van der Waals surface area (Å²) in [5.41, 5.74) is 2.60. The molecule has 2 aliphatic heterocycles. The van der Waals surface area contributed by atoms with Crippen LogP contribution in [-0.2, 0) is 11.3 Å². The maximum atomic E-state index is 14.1. The summed E-state index contributed by atoms with van der Waals surface area (Å²) in [5.74, 6) is -1.76. The molecule has 2 aromatic rings. The number of amides is 1. The fourth-order valence-electron chi connectivity index (χ4n) is 4.46. The van der Waals surface area contributed by atoms with Gasteiger partial charge in [-0.05, 0) is 30.2 Å². The molecule has 3 aliphatic rings. The van der Waals surface area contributed by atoms with E-state index in [2.05, 4.69) is 16.4 Å². The van der Waals surface area contributed by atoms with Crippen LogP contribution in [0.5, 0.6) is 0 Å². The Hall–Kier alpha value is -2.58. The molecular weight excluding hydrogens is 354 g/mol. The largest absolute Gasteiger partial charge is 0.361 e. The number of hydrogen-bond donors (Lipinski definition) is 2. The number of halogens is 2. The average Bonchev–Trinajstić information content (AvgIpc) is 3.26. The van der Waals surface area contributed by atoms with Crippen LogP contribution in [0.4, 0.5) is 14.5 Å². The molecule has 3 atom stereocenters. The van der Waals surface area contributed by atoms with Gasteiger partial charge in [-0.3, -0.25) is 9.78 Å². The van der Waals surface area contributed by atoms with Crippen molar-refractivity contribution in [2.24, 2.45) is 0 Å². The maximum Gasteiger partial charge on any atom is 0.237 e. The van der Waals surface area contributed by atoms with E-state index < -0.39 is 18.0 Å². The highest BCUT2D eigenvalue weighted by Gasteiger charge is 2.45. The second-order valence-corrected chi connectivity index (χ2v) is 7.28. The number of likely N-dealkylation sites (tertiary alicyclic amines) is 1. The number of carbonyl (C=O) groups excluding carboxylic acids is 1. The Bertz CT molecular complexity index is 938. The number of aliphatic hydroxyl groups is 1. The van der Waals surface area contributed by atoms with E-state index in [0.29, 0.717) is 18.2 Å². The summed E-state index contributed by atoms with van der Waals surface area (Å²) >= 11 is 0. The third-order valence-electron chi connectivity index (χ3n) is 5.77. The predicted octanol–water partition coefficient (Wildman–Crippen LogP) is 1.93. The van der Waals surface area contributed by atoms with Crippen molar-refractivity contribution in [2.75, 3.05) is 18.4 Å². The highest BCUT2D eigenvalue weighted by atomic mass is 19.2. The van der Waals surface area contributed by atoms with Gasteiger partial charge in [0.05, 0.1) is 18.3 Å². The van der Waals surface area contributed by atoms with Crippen LogP contribution < -0.4 is 5.32 Å². The first-order chi connectivity index (χ1) is 13.0. The van der Waals surface area contributed by atoms with E-state index in [1.54, 1.807) is 11.1 Å². The Labute approximate surface area is 154 Å². The Morgan fingerprint density at radius 1 is 1.33 bits per heavy atom. The topological polar surface area (TPSA) is 68.7 Å². The zero-order valence-corrected chi connectivity index (χ0v) is 14.4. The number of aliphatic hydroxyl groups excluding tert-OH is 1. The molecule has 0 saturated carbocycles. The molecule has 8 heteroatoms. The second kappa shape index (κ2) is 5.97. The van der Waals surface area contributed by atoms with Crippen LogP contribution in [0, 0.1) is 11.6 Å². The number of rotatable bonds is 2. The molecule has 5 rings (SSSR count). The zero-order valence-electron chi connectivity index (χ0n) is 14.4. The van der Waals surface area contributed by atoms with E-state index in [1.165, 1.54) is 16.5 Å². The van der Waals surface area contributed by atoms with Gasteiger partial charge in [0, 0.05) is 36.5 Å². The molecule has 1 aromatic heterocycles. The molecule has 27 heavy (non-hydrogen) atoms. The Morgan fingerprint density at radius 3 is 3.04 bits per heavy atom. The minimum absolute atomic E-state index is 0.0460. The Morgan fingerprint density at radius 2 is 2.19 bits per heavy atom. The Kier molecular flexibility index (Phi) is 3.66.